The summed E-state index contributed by atoms with van der Waals surface area (Å²) in [5.74, 6) is 0. The standard InChI is InChI=1S/C21H43NO2/c1-6-8-10-12-14-16-18-22(20(23)24-21(3,4)5)19-17-15-13-11-9-7-2/h6-19H2,1-5H3. The second-order valence-electron chi connectivity index (χ2n) is 8.00. The highest BCUT2D eigenvalue weighted by Crippen LogP contribution is 2.13. The second kappa shape index (κ2) is 14.6. The molecule has 0 saturated heterocycles. The van der Waals surface area contributed by atoms with Crippen LogP contribution in [-0.4, -0.2) is 29.7 Å². The van der Waals surface area contributed by atoms with Gasteiger partial charge in [-0.2, -0.15) is 0 Å². The van der Waals surface area contributed by atoms with Gasteiger partial charge in [0.1, 0.15) is 5.60 Å². The predicted octanol–water partition coefficient (Wildman–Crippen LogP) is 6.94. The van der Waals surface area contributed by atoms with Crippen molar-refractivity contribution in [2.75, 3.05) is 13.1 Å². The van der Waals surface area contributed by atoms with Gasteiger partial charge in [0.15, 0.2) is 0 Å². The maximum Gasteiger partial charge on any atom is 0.410 e. The summed E-state index contributed by atoms with van der Waals surface area (Å²) in [6.07, 6.45) is 14.9. The predicted molar refractivity (Wildman–Crippen MR) is 105 cm³/mol. The fourth-order valence-corrected chi connectivity index (χ4v) is 2.79. The van der Waals surface area contributed by atoms with Gasteiger partial charge in [-0.1, -0.05) is 78.1 Å². The number of amides is 1. The molecule has 0 radical (unpaired) electrons. The molecule has 0 aliphatic rings. The molecular formula is C21H43NO2. The molecule has 3 heteroatoms. The lowest BCUT2D eigenvalue weighted by atomic mass is 10.1. The van der Waals surface area contributed by atoms with Crippen LogP contribution in [-0.2, 0) is 4.74 Å². The van der Waals surface area contributed by atoms with Crippen molar-refractivity contribution in [3.8, 4) is 0 Å². The number of rotatable bonds is 14. The van der Waals surface area contributed by atoms with Crippen LogP contribution in [0.2, 0.25) is 0 Å². The molecule has 0 aliphatic carbocycles. The fraction of sp³-hybridized carbons (Fsp3) is 0.952. The van der Waals surface area contributed by atoms with Crippen LogP contribution in [0.5, 0.6) is 0 Å². The van der Waals surface area contributed by atoms with Crippen molar-refractivity contribution >= 4 is 6.09 Å². The molecule has 0 heterocycles. The number of ether oxygens (including phenoxy) is 1. The van der Waals surface area contributed by atoms with Crippen LogP contribution in [0.3, 0.4) is 0 Å². The smallest absolute Gasteiger partial charge is 0.410 e. The number of hydrogen-bond donors (Lipinski definition) is 0. The molecule has 144 valence electrons. The summed E-state index contributed by atoms with van der Waals surface area (Å²) in [6.45, 7) is 12.0. The van der Waals surface area contributed by atoms with E-state index < -0.39 is 5.60 Å². The number of unbranched alkanes of at least 4 members (excludes halogenated alkanes) is 10. The van der Waals surface area contributed by atoms with E-state index in [1.165, 1.54) is 64.2 Å². The topological polar surface area (TPSA) is 29.5 Å². The first-order chi connectivity index (χ1) is 11.4. The zero-order valence-electron chi connectivity index (χ0n) is 17.2. The summed E-state index contributed by atoms with van der Waals surface area (Å²) in [7, 11) is 0. The van der Waals surface area contributed by atoms with Gasteiger partial charge in [-0.25, -0.2) is 4.79 Å². The average Bonchev–Trinajstić information content (AvgIpc) is 2.50. The first kappa shape index (κ1) is 23.3. The minimum Gasteiger partial charge on any atom is -0.444 e. The van der Waals surface area contributed by atoms with Crippen LogP contribution in [0.1, 0.15) is 112 Å². The number of nitrogens with zero attached hydrogens (tertiary/aromatic N) is 1. The Morgan fingerprint density at radius 2 is 1.08 bits per heavy atom. The van der Waals surface area contributed by atoms with Gasteiger partial charge < -0.3 is 9.64 Å². The van der Waals surface area contributed by atoms with Crippen LogP contribution in [0, 0.1) is 0 Å². The quantitative estimate of drug-likeness (QED) is 0.320. The molecule has 0 aromatic carbocycles. The van der Waals surface area contributed by atoms with E-state index in [0.717, 1.165) is 25.9 Å². The molecule has 0 spiro atoms. The third kappa shape index (κ3) is 14.8. The average molecular weight is 342 g/mol. The number of carbonyl (C=O) groups excluding carboxylic acids is 1. The summed E-state index contributed by atoms with van der Waals surface area (Å²) in [6, 6.07) is 0. The van der Waals surface area contributed by atoms with Crippen molar-refractivity contribution in [2.24, 2.45) is 0 Å². The number of hydrogen-bond acceptors (Lipinski definition) is 2. The molecule has 0 unspecified atom stereocenters. The molecule has 0 rings (SSSR count). The molecule has 3 nitrogen and oxygen atoms in total. The van der Waals surface area contributed by atoms with Gasteiger partial charge in [0.05, 0.1) is 0 Å². The highest BCUT2D eigenvalue weighted by molar-refractivity contribution is 5.68. The lowest BCUT2D eigenvalue weighted by Gasteiger charge is -2.27. The molecule has 0 aromatic rings. The van der Waals surface area contributed by atoms with E-state index in [2.05, 4.69) is 13.8 Å². The summed E-state index contributed by atoms with van der Waals surface area (Å²) in [5, 5.41) is 0. The van der Waals surface area contributed by atoms with E-state index in [1.54, 1.807) is 0 Å². The van der Waals surface area contributed by atoms with E-state index in [1.807, 2.05) is 25.7 Å². The van der Waals surface area contributed by atoms with Gasteiger partial charge in [-0.15, -0.1) is 0 Å². The monoisotopic (exact) mass is 341 g/mol. The van der Waals surface area contributed by atoms with Crippen LogP contribution < -0.4 is 0 Å². The zero-order chi connectivity index (χ0) is 18.3. The SMILES string of the molecule is CCCCCCCCN(CCCCCCCC)C(=O)OC(C)(C)C. The van der Waals surface area contributed by atoms with Gasteiger partial charge in [0.25, 0.3) is 0 Å². The minimum atomic E-state index is -0.405. The lowest BCUT2D eigenvalue weighted by Crippen LogP contribution is -2.38. The van der Waals surface area contributed by atoms with Gasteiger partial charge in [0.2, 0.25) is 0 Å². The van der Waals surface area contributed by atoms with Crippen molar-refractivity contribution in [1.29, 1.82) is 0 Å². The van der Waals surface area contributed by atoms with Crippen LogP contribution >= 0.6 is 0 Å². The summed E-state index contributed by atoms with van der Waals surface area (Å²) in [4.78, 5) is 14.3. The molecule has 0 fully saturated rings. The molecule has 0 aromatic heterocycles. The Morgan fingerprint density at radius 1 is 0.708 bits per heavy atom. The van der Waals surface area contributed by atoms with Gasteiger partial charge in [-0.3, -0.25) is 0 Å². The van der Waals surface area contributed by atoms with Crippen molar-refractivity contribution in [2.45, 2.75) is 117 Å². The third-order valence-electron chi connectivity index (χ3n) is 4.21. The van der Waals surface area contributed by atoms with Crippen LogP contribution in [0.4, 0.5) is 4.79 Å². The molecule has 0 N–H and O–H groups in total. The van der Waals surface area contributed by atoms with Gasteiger partial charge in [0, 0.05) is 13.1 Å². The molecule has 24 heavy (non-hydrogen) atoms. The second-order valence-corrected chi connectivity index (χ2v) is 8.00. The molecule has 1 amide bonds. The molecule has 0 atom stereocenters. The van der Waals surface area contributed by atoms with Crippen molar-refractivity contribution in [1.82, 2.24) is 4.90 Å². The Balaban J connectivity index is 4.11. The fourth-order valence-electron chi connectivity index (χ4n) is 2.79. The van der Waals surface area contributed by atoms with E-state index in [9.17, 15) is 4.79 Å². The summed E-state index contributed by atoms with van der Waals surface area (Å²) in [5.41, 5.74) is -0.405. The van der Waals surface area contributed by atoms with Crippen molar-refractivity contribution < 1.29 is 9.53 Å². The first-order valence-electron chi connectivity index (χ1n) is 10.4. The van der Waals surface area contributed by atoms with Gasteiger partial charge >= 0.3 is 6.09 Å². The summed E-state index contributed by atoms with van der Waals surface area (Å²) >= 11 is 0. The van der Waals surface area contributed by atoms with E-state index in [-0.39, 0.29) is 6.09 Å². The van der Waals surface area contributed by atoms with Gasteiger partial charge in [-0.05, 0) is 33.6 Å². The molecule has 0 aliphatic heterocycles. The van der Waals surface area contributed by atoms with E-state index in [4.69, 9.17) is 4.74 Å². The lowest BCUT2D eigenvalue weighted by molar-refractivity contribution is 0.0243. The third-order valence-corrected chi connectivity index (χ3v) is 4.21. The maximum atomic E-state index is 12.4. The van der Waals surface area contributed by atoms with E-state index in [0.29, 0.717) is 0 Å². The van der Waals surface area contributed by atoms with E-state index >= 15 is 0 Å². The van der Waals surface area contributed by atoms with Crippen molar-refractivity contribution in [3.05, 3.63) is 0 Å². The maximum absolute atomic E-state index is 12.4. The first-order valence-corrected chi connectivity index (χ1v) is 10.4. The highest BCUT2D eigenvalue weighted by Gasteiger charge is 2.21. The zero-order valence-corrected chi connectivity index (χ0v) is 17.2. The molecular weight excluding hydrogens is 298 g/mol. The Kier molecular flexibility index (Phi) is 14.2. The highest BCUT2D eigenvalue weighted by atomic mass is 16.6. The number of carbonyl (C=O) groups is 1. The van der Waals surface area contributed by atoms with Crippen molar-refractivity contribution in [3.63, 3.8) is 0 Å². The Morgan fingerprint density at radius 3 is 1.46 bits per heavy atom. The Hall–Kier alpha value is -0.730. The normalized spacial score (nSPS) is 11.5. The minimum absolute atomic E-state index is 0.135. The molecule has 0 bridgehead atoms. The Bertz CT molecular complexity index is 281. The summed E-state index contributed by atoms with van der Waals surface area (Å²) < 4.78 is 5.58. The largest absolute Gasteiger partial charge is 0.444 e. The Labute approximate surface area is 151 Å². The van der Waals surface area contributed by atoms with Crippen LogP contribution in [0.15, 0.2) is 0 Å². The molecule has 0 saturated carbocycles. The van der Waals surface area contributed by atoms with Crippen LogP contribution in [0.25, 0.3) is 0 Å².